The van der Waals surface area contributed by atoms with Crippen molar-refractivity contribution in [3.05, 3.63) is 138 Å². The monoisotopic (exact) mass is 462 g/mol. The zero-order chi connectivity index (χ0) is 25.2. The predicted molar refractivity (Wildman–Crippen MR) is 153 cm³/mol. The standard InChI is InChI=1S/C33H38N2/c1-7-25(2)28(5)35(6)33(24-27(4)32-18-12-11-14-26(32)3)34-23-13-15-29-19-21-31(22-20-29)30-16-9-8-10-17-30/h7-12,14,16-22,24,34H,1,4,13,15,23H2,2-3,5-6H3/b28-25-,33-24-. The van der Waals surface area contributed by atoms with Crippen LogP contribution in [0, 0.1) is 6.92 Å². The van der Waals surface area contributed by atoms with Crippen molar-refractivity contribution in [3.8, 4) is 11.1 Å². The van der Waals surface area contributed by atoms with Crippen molar-refractivity contribution in [3.63, 3.8) is 0 Å². The molecule has 3 aromatic rings. The summed E-state index contributed by atoms with van der Waals surface area (Å²) in [5.41, 5.74) is 9.57. The molecule has 0 atom stereocenters. The van der Waals surface area contributed by atoms with Crippen molar-refractivity contribution in [2.75, 3.05) is 13.6 Å². The third kappa shape index (κ3) is 7.10. The molecule has 0 aromatic heterocycles. The summed E-state index contributed by atoms with van der Waals surface area (Å²) in [6, 6.07) is 27.8. The quantitative estimate of drug-likeness (QED) is 0.228. The van der Waals surface area contributed by atoms with Crippen LogP contribution >= 0.6 is 0 Å². The highest BCUT2D eigenvalue weighted by Gasteiger charge is 2.10. The average molecular weight is 463 g/mol. The molecular formula is C33H38N2. The molecule has 0 bridgehead atoms. The number of allylic oxidation sites excluding steroid dienone is 5. The summed E-state index contributed by atoms with van der Waals surface area (Å²) in [7, 11) is 2.09. The molecule has 0 unspecified atom stereocenters. The Morgan fingerprint density at radius 1 is 0.886 bits per heavy atom. The summed E-state index contributed by atoms with van der Waals surface area (Å²) < 4.78 is 0. The predicted octanol–water partition coefficient (Wildman–Crippen LogP) is 8.15. The van der Waals surface area contributed by atoms with Gasteiger partial charge < -0.3 is 10.2 Å². The lowest BCUT2D eigenvalue weighted by atomic mass is 10.0. The Morgan fingerprint density at radius 3 is 2.17 bits per heavy atom. The van der Waals surface area contributed by atoms with E-state index in [1.807, 2.05) is 6.08 Å². The number of nitrogens with zero attached hydrogens (tertiary/aromatic N) is 1. The van der Waals surface area contributed by atoms with E-state index in [0.29, 0.717) is 0 Å². The molecule has 0 radical (unpaired) electrons. The SMILES string of the molecule is C=C/C(C)=C(/C)N(C)/C(=C\C(=C)c1ccccc1C)NCCCc1ccc(-c2ccccc2)cc1. The summed E-state index contributed by atoms with van der Waals surface area (Å²) in [4.78, 5) is 2.19. The van der Waals surface area contributed by atoms with Gasteiger partial charge in [0.15, 0.2) is 0 Å². The van der Waals surface area contributed by atoms with Gasteiger partial charge in [0.05, 0.1) is 0 Å². The van der Waals surface area contributed by atoms with Gasteiger partial charge in [0.25, 0.3) is 0 Å². The zero-order valence-corrected chi connectivity index (χ0v) is 21.6. The largest absolute Gasteiger partial charge is 0.371 e. The van der Waals surface area contributed by atoms with Gasteiger partial charge in [-0.3, -0.25) is 0 Å². The van der Waals surface area contributed by atoms with Crippen molar-refractivity contribution >= 4 is 5.57 Å². The minimum atomic E-state index is 0.873. The van der Waals surface area contributed by atoms with Gasteiger partial charge in [-0.15, -0.1) is 0 Å². The molecule has 0 aliphatic heterocycles. The van der Waals surface area contributed by atoms with Gasteiger partial charge in [0, 0.05) is 19.3 Å². The fourth-order valence-electron chi connectivity index (χ4n) is 4.04. The molecule has 0 saturated carbocycles. The second kappa shape index (κ2) is 12.6. The Bertz CT molecular complexity index is 1200. The van der Waals surface area contributed by atoms with Crippen LogP contribution in [0.25, 0.3) is 16.7 Å². The number of rotatable bonds is 11. The van der Waals surface area contributed by atoms with Gasteiger partial charge in [-0.25, -0.2) is 0 Å². The topological polar surface area (TPSA) is 15.3 Å². The van der Waals surface area contributed by atoms with E-state index in [4.69, 9.17) is 0 Å². The Morgan fingerprint density at radius 2 is 1.51 bits per heavy atom. The highest BCUT2D eigenvalue weighted by Crippen LogP contribution is 2.22. The van der Waals surface area contributed by atoms with Gasteiger partial charge in [-0.1, -0.05) is 98.1 Å². The summed E-state index contributed by atoms with van der Waals surface area (Å²) in [5.74, 6) is 1.04. The third-order valence-corrected chi connectivity index (χ3v) is 6.55. The van der Waals surface area contributed by atoms with Crippen LogP contribution in [0.5, 0.6) is 0 Å². The lowest BCUT2D eigenvalue weighted by Gasteiger charge is -2.26. The maximum absolute atomic E-state index is 4.36. The number of hydrogen-bond acceptors (Lipinski definition) is 2. The maximum Gasteiger partial charge on any atom is 0.106 e. The fraction of sp³-hybridized carbons (Fsp3) is 0.212. The van der Waals surface area contributed by atoms with E-state index in [1.54, 1.807) is 0 Å². The van der Waals surface area contributed by atoms with E-state index in [-0.39, 0.29) is 0 Å². The number of nitrogens with one attached hydrogen (secondary N) is 1. The van der Waals surface area contributed by atoms with E-state index in [1.165, 1.54) is 27.8 Å². The summed E-state index contributed by atoms with van der Waals surface area (Å²) in [5, 5.41) is 3.66. The average Bonchev–Trinajstić information content (AvgIpc) is 2.90. The van der Waals surface area contributed by atoms with Crippen molar-refractivity contribution in [2.45, 2.75) is 33.6 Å². The normalized spacial score (nSPS) is 12.1. The van der Waals surface area contributed by atoms with Crippen molar-refractivity contribution < 1.29 is 0 Å². The molecule has 1 N–H and O–H groups in total. The van der Waals surface area contributed by atoms with Crippen LogP contribution in [0.15, 0.2) is 121 Å². The van der Waals surface area contributed by atoms with Crippen LogP contribution in [0.4, 0.5) is 0 Å². The fourth-order valence-corrected chi connectivity index (χ4v) is 4.04. The molecule has 0 saturated heterocycles. The first-order chi connectivity index (χ1) is 16.9. The summed E-state index contributed by atoms with van der Waals surface area (Å²) in [6.07, 6.45) is 6.11. The van der Waals surface area contributed by atoms with Gasteiger partial charge in [0.2, 0.25) is 0 Å². The molecular weight excluding hydrogens is 424 g/mol. The molecule has 0 fully saturated rings. The molecule has 2 heteroatoms. The number of aryl methyl sites for hydroxylation is 2. The second-order valence-corrected chi connectivity index (χ2v) is 8.99. The van der Waals surface area contributed by atoms with E-state index < -0.39 is 0 Å². The van der Waals surface area contributed by atoms with E-state index in [0.717, 1.165) is 42.1 Å². The number of hydrogen-bond donors (Lipinski definition) is 1. The molecule has 3 rings (SSSR count). The first kappa shape index (κ1) is 25.8. The smallest absolute Gasteiger partial charge is 0.106 e. The van der Waals surface area contributed by atoms with Crippen LogP contribution in [-0.2, 0) is 6.42 Å². The van der Waals surface area contributed by atoms with E-state index in [9.17, 15) is 0 Å². The van der Waals surface area contributed by atoms with Gasteiger partial charge in [0.1, 0.15) is 5.82 Å². The Labute approximate surface area is 212 Å². The lowest BCUT2D eigenvalue weighted by molar-refractivity contribution is 0.462. The van der Waals surface area contributed by atoms with Crippen LogP contribution < -0.4 is 5.32 Å². The summed E-state index contributed by atoms with van der Waals surface area (Å²) >= 11 is 0. The zero-order valence-electron chi connectivity index (χ0n) is 21.6. The molecule has 0 aliphatic carbocycles. The highest BCUT2D eigenvalue weighted by atomic mass is 15.2. The Hall–Kier alpha value is -3.78. The van der Waals surface area contributed by atoms with E-state index >= 15 is 0 Å². The molecule has 35 heavy (non-hydrogen) atoms. The minimum absolute atomic E-state index is 0.873. The highest BCUT2D eigenvalue weighted by molar-refractivity contribution is 5.74. The summed E-state index contributed by atoms with van der Waals surface area (Å²) in [6.45, 7) is 15.5. The molecule has 2 nitrogen and oxygen atoms in total. The third-order valence-electron chi connectivity index (χ3n) is 6.55. The van der Waals surface area contributed by atoms with Gasteiger partial charge >= 0.3 is 0 Å². The number of benzene rings is 3. The van der Waals surface area contributed by atoms with Gasteiger partial charge in [-0.2, -0.15) is 0 Å². The molecule has 0 amide bonds. The van der Waals surface area contributed by atoms with Crippen molar-refractivity contribution in [2.24, 2.45) is 0 Å². The van der Waals surface area contributed by atoms with Gasteiger partial charge in [-0.05, 0) is 78.7 Å². The van der Waals surface area contributed by atoms with Crippen molar-refractivity contribution in [1.29, 1.82) is 0 Å². The molecule has 0 spiro atoms. The first-order valence-corrected chi connectivity index (χ1v) is 12.3. The Kier molecular flexibility index (Phi) is 9.31. The van der Waals surface area contributed by atoms with Crippen LogP contribution in [0.3, 0.4) is 0 Å². The molecule has 0 aliphatic rings. The van der Waals surface area contributed by atoms with Crippen LogP contribution in [0.2, 0.25) is 0 Å². The molecule has 0 heterocycles. The van der Waals surface area contributed by atoms with Crippen LogP contribution in [0.1, 0.15) is 37.0 Å². The van der Waals surface area contributed by atoms with E-state index in [2.05, 4.69) is 136 Å². The molecule has 180 valence electrons. The Balaban J connectivity index is 1.68. The first-order valence-electron chi connectivity index (χ1n) is 12.3. The second-order valence-electron chi connectivity index (χ2n) is 8.99. The lowest BCUT2D eigenvalue weighted by Crippen LogP contribution is -2.29. The molecule has 3 aromatic carbocycles. The van der Waals surface area contributed by atoms with Crippen LogP contribution in [-0.4, -0.2) is 18.5 Å². The van der Waals surface area contributed by atoms with Crippen molar-refractivity contribution in [1.82, 2.24) is 10.2 Å². The maximum atomic E-state index is 4.36. The minimum Gasteiger partial charge on any atom is -0.371 e.